The van der Waals surface area contributed by atoms with Crippen molar-refractivity contribution >= 4 is 35.0 Å². The van der Waals surface area contributed by atoms with Gasteiger partial charge in [-0.05, 0) is 30.2 Å². The maximum Gasteiger partial charge on any atom is 0.315 e. The lowest BCUT2D eigenvalue weighted by Gasteiger charge is -2.45. The first kappa shape index (κ1) is 17.6. The van der Waals surface area contributed by atoms with Crippen LogP contribution in [0.15, 0.2) is 28.0 Å². The molecule has 0 radical (unpaired) electrons. The van der Waals surface area contributed by atoms with E-state index in [0.717, 1.165) is 15.5 Å². The minimum absolute atomic E-state index is 0.0463. The van der Waals surface area contributed by atoms with E-state index in [4.69, 9.17) is 9.47 Å². The fraction of sp³-hybridized carbons (Fsp3) is 0.450. The highest BCUT2D eigenvalue weighted by molar-refractivity contribution is 8.00. The number of methoxy groups -OCH3 is 1. The van der Waals surface area contributed by atoms with Crippen molar-refractivity contribution in [1.29, 1.82) is 0 Å². The van der Waals surface area contributed by atoms with Gasteiger partial charge in [0.25, 0.3) is 0 Å². The van der Waals surface area contributed by atoms with Crippen molar-refractivity contribution in [3.63, 3.8) is 0 Å². The van der Waals surface area contributed by atoms with Gasteiger partial charge in [0.15, 0.2) is 11.5 Å². The zero-order valence-electron chi connectivity index (χ0n) is 15.3. The van der Waals surface area contributed by atoms with E-state index < -0.39 is 23.8 Å². The van der Waals surface area contributed by atoms with E-state index in [1.807, 2.05) is 12.1 Å². The third-order valence-corrected chi connectivity index (χ3v) is 9.63. The number of thiazole rings is 1. The van der Waals surface area contributed by atoms with E-state index >= 15 is 0 Å². The molecule has 7 nitrogen and oxygen atoms in total. The van der Waals surface area contributed by atoms with Gasteiger partial charge in [-0.2, -0.15) is 0 Å². The van der Waals surface area contributed by atoms with E-state index in [2.05, 4.69) is 4.98 Å². The number of carboxylic acid groups (broad SMARTS) is 1. The average Bonchev–Trinajstić information content (AvgIpc) is 3.35. The molecule has 4 aliphatic rings. The van der Waals surface area contributed by atoms with E-state index in [1.54, 1.807) is 17.8 Å². The first-order valence-corrected chi connectivity index (χ1v) is 11.2. The molecule has 0 spiro atoms. The smallest absolute Gasteiger partial charge is 0.315 e. The van der Waals surface area contributed by atoms with Crippen LogP contribution in [0.4, 0.5) is 0 Å². The number of ether oxygens (including phenoxy) is 2. The number of nitrogens with one attached hydrogen (secondary N) is 1. The number of esters is 1. The topological polar surface area (TPSA) is 106 Å². The summed E-state index contributed by atoms with van der Waals surface area (Å²) in [6, 6.07) is 5.52. The molecule has 0 saturated heterocycles. The van der Waals surface area contributed by atoms with Gasteiger partial charge in [-0.25, -0.2) is 0 Å². The number of hydrogen-bond acceptors (Lipinski definition) is 7. The monoisotopic (exact) mass is 431 g/mol. The molecule has 0 unspecified atom stereocenters. The van der Waals surface area contributed by atoms with Gasteiger partial charge in [0.1, 0.15) is 0 Å². The number of carbonyl (C=O) groups excluding carboxylic acids is 1. The predicted octanol–water partition coefficient (Wildman–Crippen LogP) is 2.55. The highest BCUT2D eigenvalue weighted by atomic mass is 32.2. The summed E-state index contributed by atoms with van der Waals surface area (Å²) in [6.07, 6.45) is 0.702. The van der Waals surface area contributed by atoms with Gasteiger partial charge in [-0.1, -0.05) is 23.5 Å². The van der Waals surface area contributed by atoms with Crippen molar-refractivity contribution in [3.05, 3.63) is 38.3 Å². The Morgan fingerprint density at radius 1 is 1.31 bits per heavy atom. The van der Waals surface area contributed by atoms with Gasteiger partial charge in [-0.15, -0.1) is 11.8 Å². The molecule has 150 valence electrons. The zero-order valence-corrected chi connectivity index (χ0v) is 16.9. The van der Waals surface area contributed by atoms with Gasteiger partial charge in [0.05, 0.1) is 24.0 Å². The third kappa shape index (κ3) is 2.17. The lowest BCUT2D eigenvalue weighted by molar-refractivity contribution is -0.156. The lowest BCUT2D eigenvalue weighted by atomic mass is 9.66. The Morgan fingerprint density at radius 3 is 2.90 bits per heavy atom. The van der Waals surface area contributed by atoms with Crippen LogP contribution in [0.1, 0.15) is 22.8 Å². The summed E-state index contributed by atoms with van der Waals surface area (Å²) in [6.45, 7) is 0. The second-order valence-corrected chi connectivity index (χ2v) is 10.3. The third-order valence-electron chi connectivity index (χ3n) is 7.04. The summed E-state index contributed by atoms with van der Waals surface area (Å²) >= 11 is 2.78. The standard InChI is InChI=1S/C20H17NO6S2/c1-26-9-4-2-3-6-10-11-7-5-8(15(11)28-17-16(10)29-20(25)21-17)12(18(22)23)13(7)19(24)27-14(6)9/h2-4,7-8,10-13,15H,5H2,1H3,(H,21,25)(H,22,23)/t7-,8+,10+,11+,12+,13-,15+/m0/s1. The number of benzene rings is 1. The Morgan fingerprint density at radius 2 is 2.14 bits per heavy atom. The second kappa shape index (κ2) is 5.89. The summed E-state index contributed by atoms with van der Waals surface area (Å²) < 4.78 is 11.3. The number of fused-ring (bicyclic) bond motifs is 6. The lowest BCUT2D eigenvalue weighted by Crippen LogP contribution is -2.49. The Hall–Kier alpha value is -2.26. The van der Waals surface area contributed by atoms with Crippen LogP contribution in [-0.2, 0) is 9.59 Å². The van der Waals surface area contributed by atoms with Crippen LogP contribution >= 0.6 is 23.1 Å². The van der Waals surface area contributed by atoms with Crippen molar-refractivity contribution in [2.45, 2.75) is 22.6 Å². The summed E-state index contributed by atoms with van der Waals surface area (Å²) in [7, 11) is 1.51. The number of H-pyrrole nitrogens is 1. The molecule has 1 aromatic heterocycles. The van der Waals surface area contributed by atoms with Crippen molar-refractivity contribution < 1.29 is 24.2 Å². The normalized spacial score (nSPS) is 35.9. The average molecular weight is 431 g/mol. The van der Waals surface area contributed by atoms with Crippen molar-refractivity contribution in [1.82, 2.24) is 4.98 Å². The van der Waals surface area contributed by atoms with Gasteiger partial charge in [-0.3, -0.25) is 14.4 Å². The molecule has 0 amide bonds. The predicted molar refractivity (Wildman–Crippen MR) is 105 cm³/mol. The number of aromatic amines is 1. The molecular weight excluding hydrogens is 414 g/mol. The van der Waals surface area contributed by atoms with Crippen LogP contribution in [0.25, 0.3) is 0 Å². The number of aromatic nitrogens is 1. The Labute approximate surface area is 173 Å². The molecule has 1 aromatic carbocycles. The number of hydrogen-bond donors (Lipinski definition) is 2. The van der Waals surface area contributed by atoms with E-state index in [9.17, 15) is 19.5 Å². The molecular formula is C20H17NO6S2. The van der Waals surface area contributed by atoms with Crippen molar-refractivity contribution in [3.8, 4) is 11.5 Å². The van der Waals surface area contributed by atoms with Crippen LogP contribution in [0.5, 0.6) is 11.5 Å². The Balaban J connectivity index is 1.65. The highest BCUT2D eigenvalue weighted by Gasteiger charge is 2.67. The van der Waals surface area contributed by atoms with Gasteiger partial charge < -0.3 is 19.6 Å². The molecule has 2 aliphatic heterocycles. The molecule has 2 aliphatic carbocycles. The van der Waals surface area contributed by atoms with E-state index in [1.165, 1.54) is 18.4 Å². The van der Waals surface area contributed by atoms with Gasteiger partial charge >= 0.3 is 16.8 Å². The molecule has 9 heteroatoms. The highest BCUT2D eigenvalue weighted by Crippen LogP contribution is 2.68. The van der Waals surface area contributed by atoms with Crippen LogP contribution in [-0.4, -0.2) is 34.4 Å². The quantitative estimate of drug-likeness (QED) is 0.556. The van der Waals surface area contributed by atoms with E-state index in [-0.39, 0.29) is 33.8 Å². The molecule has 2 fully saturated rings. The van der Waals surface area contributed by atoms with Crippen LogP contribution < -0.4 is 14.3 Å². The number of aliphatic carboxylic acids is 1. The minimum Gasteiger partial charge on any atom is -0.493 e. The van der Waals surface area contributed by atoms with Crippen LogP contribution in [0.3, 0.4) is 0 Å². The van der Waals surface area contributed by atoms with Gasteiger partial charge in [0, 0.05) is 21.6 Å². The SMILES string of the molecule is COc1cccc2c1OC(=O)[C@H]1[C@H]3C[C@@H]([C@H]4Sc5[nH]c(=O)sc5[C@H]2[C@@H]34)[C@H]1C(=O)O. The number of rotatable bonds is 2. The maximum atomic E-state index is 13.1. The first-order valence-electron chi connectivity index (χ1n) is 9.50. The fourth-order valence-electron chi connectivity index (χ4n) is 6.16. The largest absolute Gasteiger partial charge is 0.493 e. The van der Waals surface area contributed by atoms with Crippen molar-refractivity contribution in [2.75, 3.05) is 7.11 Å². The number of para-hydroxylation sites is 1. The molecule has 3 heterocycles. The van der Waals surface area contributed by atoms with Crippen LogP contribution in [0, 0.1) is 29.6 Å². The molecule has 2 saturated carbocycles. The summed E-state index contributed by atoms with van der Waals surface area (Å²) in [4.78, 5) is 41.2. The second-order valence-electron chi connectivity index (χ2n) is 8.10. The minimum atomic E-state index is -0.944. The van der Waals surface area contributed by atoms with Crippen LogP contribution in [0.2, 0.25) is 0 Å². The molecule has 6 rings (SSSR count). The summed E-state index contributed by atoms with van der Waals surface area (Å²) in [5, 5.41) is 10.8. The Kier molecular flexibility index (Phi) is 3.57. The fourth-order valence-corrected chi connectivity index (χ4v) is 9.04. The molecule has 2 aromatic rings. The van der Waals surface area contributed by atoms with E-state index in [0.29, 0.717) is 17.9 Å². The molecule has 7 atom stereocenters. The summed E-state index contributed by atoms with van der Waals surface area (Å²) in [5.41, 5.74) is 0.836. The molecule has 2 bridgehead atoms. The summed E-state index contributed by atoms with van der Waals surface area (Å²) in [5.74, 6) is -2.28. The number of carboxylic acids is 1. The maximum absolute atomic E-state index is 13.1. The molecule has 29 heavy (non-hydrogen) atoms. The van der Waals surface area contributed by atoms with Crippen molar-refractivity contribution in [2.24, 2.45) is 29.6 Å². The number of carbonyl (C=O) groups is 2. The van der Waals surface area contributed by atoms with Gasteiger partial charge in [0.2, 0.25) is 0 Å². The zero-order chi connectivity index (χ0) is 20.0. The number of thioether (sulfide) groups is 1. The Bertz CT molecular complexity index is 1120. The first-order chi connectivity index (χ1) is 14.0. The molecule has 2 N–H and O–H groups in total.